The van der Waals surface area contributed by atoms with Crippen molar-refractivity contribution in [3.63, 3.8) is 0 Å². The van der Waals surface area contributed by atoms with Crippen molar-refractivity contribution < 1.29 is 4.79 Å². The Hall–Kier alpha value is -2.28. The predicted molar refractivity (Wildman–Crippen MR) is 75.3 cm³/mol. The normalized spacial score (nSPS) is 10.2. The fraction of sp³-hybridized carbons (Fsp3) is 0.167. The van der Waals surface area contributed by atoms with E-state index in [-0.39, 0.29) is 10.9 Å². The quantitative estimate of drug-likeness (QED) is 0.830. The van der Waals surface area contributed by atoms with Crippen molar-refractivity contribution in [3.05, 3.63) is 41.9 Å². The second kappa shape index (κ2) is 5.15. The van der Waals surface area contributed by atoms with E-state index in [1.165, 1.54) is 9.58 Å². The van der Waals surface area contributed by atoms with E-state index >= 15 is 0 Å². The van der Waals surface area contributed by atoms with Gasteiger partial charge in [-0.05, 0) is 18.2 Å². The number of aromatic nitrogens is 3. The third kappa shape index (κ3) is 2.76. The Kier molecular flexibility index (Phi) is 3.57. The summed E-state index contributed by atoms with van der Waals surface area (Å²) in [5.74, 6) is 0.396. The Balaban J connectivity index is 2.35. The van der Waals surface area contributed by atoms with Crippen LogP contribution in [-0.4, -0.2) is 44.7 Å². The first kappa shape index (κ1) is 13.2. The zero-order chi connectivity index (χ0) is 14.0. The van der Waals surface area contributed by atoms with Crippen molar-refractivity contribution in [2.45, 2.75) is 0 Å². The molecule has 0 unspecified atom stereocenters. The molecule has 2 rings (SSSR count). The van der Waals surface area contributed by atoms with Crippen molar-refractivity contribution in [1.82, 2.24) is 19.7 Å². The Morgan fingerprint density at radius 2 is 2.05 bits per heavy atom. The molecule has 0 saturated heterocycles. The highest BCUT2D eigenvalue weighted by atomic mass is 32.1. The number of nitrogens with zero attached hydrogens (tertiary/aromatic N) is 4. The summed E-state index contributed by atoms with van der Waals surface area (Å²) in [6.07, 6.45) is 1.67. The third-order valence-corrected chi connectivity index (χ3v) is 2.65. The molecule has 2 heterocycles. The van der Waals surface area contributed by atoms with E-state index in [9.17, 15) is 4.79 Å². The highest BCUT2D eigenvalue weighted by molar-refractivity contribution is 7.80. The lowest BCUT2D eigenvalue weighted by Gasteiger charge is -2.07. The van der Waals surface area contributed by atoms with Crippen LogP contribution in [0.5, 0.6) is 0 Å². The molecule has 0 aliphatic heterocycles. The van der Waals surface area contributed by atoms with E-state index in [2.05, 4.69) is 10.1 Å². The van der Waals surface area contributed by atoms with Gasteiger partial charge in [0.05, 0.1) is 5.69 Å². The minimum absolute atomic E-state index is 0.163. The van der Waals surface area contributed by atoms with Gasteiger partial charge >= 0.3 is 0 Å². The molecule has 0 aliphatic carbocycles. The molecule has 0 atom stereocenters. The van der Waals surface area contributed by atoms with Crippen LogP contribution >= 0.6 is 12.2 Å². The second-order valence-electron chi connectivity index (χ2n) is 4.09. The predicted octanol–water partition coefficient (Wildman–Crippen LogP) is 0.603. The van der Waals surface area contributed by atoms with Gasteiger partial charge < -0.3 is 10.6 Å². The van der Waals surface area contributed by atoms with E-state index in [1.807, 2.05) is 0 Å². The molecule has 19 heavy (non-hydrogen) atoms. The first-order valence-electron chi connectivity index (χ1n) is 5.53. The second-order valence-corrected chi connectivity index (χ2v) is 4.53. The van der Waals surface area contributed by atoms with E-state index in [4.69, 9.17) is 18.0 Å². The maximum atomic E-state index is 11.8. The number of amides is 1. The Labute approximate surface area is 115 Å². The first-order valence-corrected chi connectivity index (χ1v) is 5.94. The van der Waals surface area contributed by atoms with Gasteiger partial charge in [-0.25, -0.2) is 9.67 Å². The molecular formula is C12H13N5OS. The third-order valence-electron chi connectivity index (χ3n) is 2.44. The van der Waals surface area contributed by atoms with E-state index < -0.39 is 0 Å². The van der Waals surface area contributed by atoms with Crippen molar-refractivity contribution in [2.24, 2.45) is 5.73 Å². The van der Waals surface area contributed by atoms with Crippen LogP contribution in [0.2, 0.25) is 0 Å². The summed E-state index contributed by atoms with van der Waals surface area (Å²) in [7, 11) is 3.35. The summed E-state index contributed by atoms with van der Waals surface area (Å²) in [6.45, 7) is 0. The van der Waals surface area contributed by atoms with Crippen LogP contribution in [0, 0.1) is 0 Å². The molecule has 2 aromatic heterocycles. The van der Waals surface area contributed by atoms with Gasteiger partial charge in [-0.15, -0.1) is 0 Å². The summed E-state index contributed by atoms with van der Waals surface area (Å²) in [6, 6.07) is 6.91. The Bertz CT molecular complexity index is 635. The van der Waals surface area contributed by atoms with Crippen molar-refractivity contribution in [2.75, 3.05) is 14.1 Å². The summed E-state index contributed by atoms with van der Waals surface area (Å²) >= 11 is 4.88. The summed E-state index contributed by atoms with van der Waals surface area (Å²) < 4.78 is 1.51. The lowest BCUT2D eigenvalue weighted by Crippen LogP contribution is -2.22. The molecule has 0 bridgehead atoms. The van der Waals surface area contributed by atoms with Crippen LogP contribution in [-0.2, 0) is 0 Å². The number of hydrogen-bond donors (Lipinski definition) is 1. The molecule has 2 aromatic rings. The van der Waals surface area contributed by atoms with Crippen LogP contribution in [0.1, 0.15) is 16.2 Å². The van der Waals surface area contributed by atoms with E-state index in [0.29, 0.717) is 17.2 Å². The molecule has 0 fully saturated rings. The molecule has 98 valence electrons. The minimum Gasteiger partial charge on any atom is -0.388 e. The van der Waals surface area contributed by atoms with Gasteiger partial charge in [0.15, 0.2) is 11.5 Å². The lowest BCUT2D eigenvalue weighted by atomic mass is 10.3. The van der Waals surface area contributed by atoms with Crippen LogP contribution in [0.4, 0.5) is 0 Å². The number of hydrogen-bond acceptors (Lipinski definition) is 4. The topological polar surface area (TPSA) is 77.0 Å². The van der Waals surface area contributed by atoms with E-state index in [0.717, 1.165) is 0 Å². The van der Waals surface area contributed by atoms with Gasteiger partial charge in [-0.2, -0.15) is 5.10 Å². The largest absolute Gasteiger partial charge is 0.388 e. The Morgan fingerprint density at radius 1 is 1.32 bits per heavy atom. The maximum Gasteiger partial charge on any atom is 0.273 e. The fourth-order valence-electron chi connectivity index (χ4n) is 1.48. The summed E-state index contributed by atoms with van der Waals surface area (Å²) in [5.41, 5.74) is 6.40. The average molecular weight is 275 g/mol. The lowest BCUT2D eigenvalue weighted by molar-refractivity contribution is 0.0821. The molecule has 0 saturated carbocycles. The van der Waals surface area contributed by atoms with Crippen LogP contribution in [0.25, 0.3) is 5.82 Å². The summed E-state index contributed by atoms with van der Waals surface area (Å²) in [4.78, 5) is 17.7. The standard InChI is InChI=1S/C12H13N5OS/c1-16(2)12(18)9-6-7-17(15-9)10-5-3-4-8(14-10)11(13)19/h3-7H,1-2H3,(H2,13,19). The molecule has 0 aliphatic rings. The van der Waals surface area contributed by atoms with Gasteiger partial charge in [0, 0.05) is 20.3 Å². The molecule has 6 nitrogen and oxygen atoms in total. The molecule has 2 N–H and O–H groups in total. The first-order chi connectivity index (χ1) is 8.99. The monoisotopic (exact) mass is 275 g/mol. The van der Waals surface area contributed by atoms with Gasteiger partial charge in [0.25, 0.3) is 5.91 Å². The van der Waals surface area contributed by atoms with Crippen LogP contribution in [0.15, 0.2) is 30.5 Å². The van der Waals surface area contributed by atoms with Crippen molar-refractivity contribution in [1.29, 1.82) is 0 Å². The molecular weight excluding hydrogens is 262 g/mol. The van der Waals surface area contributed by atoms with Crippen LogP contribution in [0.3, 0.4) is 0 Å². The number of pyridine rings is 1. The summed E-state index contributed by atoms with van der Waals surface area (Å²) in [5, 5.41) is 4.18. The minimum atomic E-state index is -0.163. The average Bonchev–Trinajstić information content (AvgIpc) is 2.87. The molecule has 7 heteroatoms. The fourth-order valence-corrected chi connectivity index (χ4v) is 1.60. The van der Waals surface area contributed by atoms with Gasteiger partial charge in [0.2, 0.25) is 0 Å². The van der Waals surface area contributed by atoms with Crippen molar-refractivity contribution in [3.8, 4) is 5.82 Å². The van der Waals surface area contributed by atoms with E-state index in [1.54, 1.807) is 44.6 Å². The zero-order valence-electron chi connectivity index (χ0n) is 10.6. The SMILES string of the molecule is CN(C)C(=O)c1ccn(-c2cccc(C(N)=S)n2)n1. The van der Waals surface area contributed by atoms with Crippen molar-refractivity contribution >= 4 is 23.1 Å². The maximum absolute atomic E-state index is 11.8. The highest BCUT2D eigenvalue weighted by Gasteiger charge is 2.12. The van der Waals surface area contributed by atoms with Crippen LogP contribution < -0.4 is 5.73 Å². The number of rotatable bonds is 3. The molecule has 0 aromatic carbocycles. The number of carbonyl (C=O) groups excluding carboxylic acids is 1. The number of thiocarbonyl (C=S) groups is 1. The number of nitrogens with two attached hydrogens (primary N) is 1. The van der Waals surface area contributed by atoms with Gasteiger partial charge in [0.1, 0.15) is 4.99 Å². The smallest absolute Gasteiger partial charge is 0.273 e. The number of carbonyl (C=O) groups is 1. The molecule has 0 radical (unpaired) electrons. The molecule has 0 spiro atoms. The van der Waals surface area contributed by atoms with Gasteiger partial charge in [-0.3, -0.25) is 4.79 Å². The zero-order valence-corrected chi connectivity index (χ0v) is 11.4. The highest BCUT2D eigenvalue weighted by Crippen LogP contribution is 2.07. The molecule has 1 amide bonds. The Morgan fingerprint density at radius 3 is 2.68 bits per heavy atom. The van der Waals surface area contributed by atoms with Gasteiger partial charge in [-0.1, -0.05) is 18.3 Å².